The second kappa shape index (κ2) is 8.24. The minimum absolute atomic E-state index is 0.0726. The predicted octanol–water partition coefficient (Wildman–Crippen LogP) is 4.53. The first kappa shape index (κ1) is 19.6. The number of nitrogens with zero attached hydrogens (tertiary/aromatic N) is 3. The van der Waals surface area contributed by atoms with Crippen LogP contribution < -0.4 is 10.1 Å². The minimum Gasteiger partial charge on any atom is -0.464 e. The van der Waals surface area contributed by atoms with Crippen molar-refractivity contribution in [1.82, 2.24) is 9.78 Å². The first-order valence-corrected chi connectivity index (χ1v) is 8.45. The Hall–Kier alpha value is -3.17. The number of amides is 1. The van der Waals surface area contributed by atoms with Crippen molar-refractivity contribution in [1.29, 1.82) is 0 Å². The van der Waals surface area contributed by atoms with E-state index in [9.17, 15) is 19.3 Å². The summed E-state index contributed by atoms with van der Waals surface area (Å²) in [6.07, 6.45) is 1.44. The van der Waals surface area contributed by atoms with Crippen LogP contribution in [0.25, 0.3) is 0 Å². The molecule has 0 unspecified atom stereocenters. The van der Waals surface area contributed by atoms with E-state index < -0.39 is 16.6 Å². The summed E-state index contributed by atoms with van der Waals surface area (Å²) < 4.78 is 19.8. The molecule has 0 aliphatic rings. The van der Waals surface area contributed by atoms with Crippen LogP contribution in [0.4, 0.5) is 15.8 Å². The number of nitrogens with one attached hydrogen (secondary N) is 1. The molecule has 1 amide bonds. The summed E-state index contributed by atoms with van der Waals surface area (Å²) in [5.41, 5.74) is 0.120. The normalized spacial score (nSPS) is 10.5. The maximum Gasteiger partial charge on any atom is 0.311 e. The third kappa shape index (κ3) is 4.56. The maximum absolute atomic E-state index is 13.3. The van der Waals surface area contributed by atoms with E-state index in [1.807, 2.05) is 0 Å². The van der Waals surface area contributed by atoms with Gasteiger partial charge in [0.25, 0.3) is 5.91 Å². The number of rotatable bonds is 6. The number of aromatic nitrogens is 2. The topological polar surface area (TPSA) is 99.3 Å². The van der Waals surface area contributed by atoms with Crippen molar-refractivity contribution in [2.45, 2.75) is 6.73 Å². The Balaban J connectivity index is 1.67. The van der Waals surface area contributed by atoms with Gasteiger partial charge in [-0.1, -0.05) is 23.2 Å². The molecule has 0 aliphatic heterocycles. The number of halogens is 3. The SMILES string of the molecule is O=C(Nc1ccc(Cl)c(Cl)c1)c1ccn(COc2cc(F)ccc2[N+](=O)[O-])n1. The van der Waals surface area contributed by atoms with E-state index in [-0.39, 0.29) is 28.9 Å². The lowest BCUT2D eigenvalue weighted by atomic mass is 10.3. The largest absolute Gasteiger partial charge is 0.464 e. The molecule has 0 saturated heterocycles. The monoisotopic (exact) mass is 424 g/mol. The highest BCUT2D eigenvalue weighted by Gasteiger charge is 2.17. The zero-order valence-electron chi connectivity index (χ0n) is 13.9. The molecule has 0 spiro atoms. The summed E-state index contributed by atoms with van der Waals surface area (Å²) in [6, 6.07) is 8.90. The molecular formula is C17H11Cl2FN4O4. The van der Waals surface area contributed by atoms with Crippen LogP contribution in [0.3, 0.4) is 0 Å². The Labute approximate surface area is 167 Å². The zero-order valence-corrected chi connectivity index (χ0v) is 15.4. The molecule has 1 N–H and O–H groups in total. The second-order valence-corrected chi connectivity index (χ2v) is 6.28. The van der Waals surface area contributed by atoms with Gasteiger partial charge in [-0.2, -0.15) is 5.10 Å². The van der Waals surface area contributed by atoms with Crippen LogP contribution in [0.5, 0.6) is 5.75 Å². The molecule has 8 nitrogen and oxygen atoms in total. The Morgan fingerprint density at radius 1 is 1.21 bits per heavy atom. The quantitative estimate of drug-likeness (QED) is 0.462. The third-order valence-corrected chi connectivity index (χ3v) is 4.26. The maximum atomic E-state index is 13.3. The van der Waals surface area contributed by atoms with Gasteiger partial charge in [-0.25, -0.2) is 9.07 Å². The molecule has 0 aliphatic carbocycles. The molecule has 144 valence electrons. The summed E-state index contributed by atoms with van der Waals surface area (Å²) in [7, 11) is 0. The Morgan fingerprint density at radius 3 is 2.71 bits per heavy atom. The highest BCUT2D eigenvalue weighted by molar-refractivity contribution is 6.42. The fraction of sp³-hybridized carbons (Fsp3) is 0.0588. The molecule has 3 rings (SSSR count). The Kier molecular flexibility index (Phi) is 5.76. The fourth-order valence-corrected chi connectivity index (χ4v) is 2.51. The molecule has 1 aromatic heterocycles. The smallest absolute Gasteiger partial charge is 0.311 e. The lowest BCUT2D eigenvalue weighted by molar-refractivity contribution is -0.386. The van der Waals surface area contributed by atoms with E-state index in [4.69, 9.17) is 27.9 Å². The molecule has 2 aromatic carbocycles. The van der Waals surface area contributed by atoms with Crippen LogP contribution in [0, 0.1) is 15.9 Å². The molecule has 0 saturated carbocycles. The zero-order chi connectivity index (χ0) is 20.3. The van der Waals surface area contributed by atoms with Crippen molar-refractivity contribution in [3.63, 3.8) is 0 Å². The summed E-state index contributed by atoms with van der Waals surface area (Å²) in [5, 5.41) is 18.2. The molecule has 11 heteroatoms. The van der Waals surface area contributed by atoms with E-state index in [1.54, 1.807) is 6.07 Å². The molecule has 1 heterocycles. The summed E-state index contributed by atoms with van der Waals surface area (Å²) >= 11 is 11.7. The van der Waals surface area contributed by atoms with Crippen molar-refractivity contribution < 1.29 is 18.8 Å². The number of nitro groups is 1. The third-order valence-electron chi connectivity index (χ3n) is 3.52. The minimum atomic E-state index is -0.687. The van der Waals surface area contributed by atoms with Crippen LogP contribution in [0.2, 0.25) is 10.0 Å². The number of benzene rings is 2. The molecule has 0 fully saturated rings. The summed E-state index contributed by atoms with van der Waals surface area (Å²) in [5.74, 6) is -1.43. The molecule has 0 bridgehead atoms. The van der Waals surface area contributed by atoms with Gasteiger partial charge in [0.1, 0.15) is 5.82 Å². The molecule has 0 radical (unpaired) electrons. The van der Waals surface area contributed by atoms with Gasteiger partial charge < -0.3 is 10.1 Å². The lowest BCUT2D eigenvalue weighted by Gasteiger charge is -2.07. The van der Waals surface area contributed by atoms with E-state index in [0.717, 1.165) is 18.2 Å². The van der Waals surface area contributed by atoms with Gasteiger partial charge in [-0.05, 0) is 30.3 Å². The van der Waals surface area contributed by atoms with Crippen LogP contribution in [-0.4, -0.2) is 20.6 Å². The van der Waals surface area contributed by atoms with Gasteiger partial charge in [0.05, 0.1) is 15.0 Å². The van der Waals surface area contributed by atoms with Crippen LogP contribution in [0.1, 0.15) is 10.5 Å². The number of carbonyl (C=O) groups is 1. The highest BCUT2D eigenvalue weighted by Crippen LogP contribution is 2.28. The Bertz CT molecular complexity index is 1060. The first-order chi connectivity index (χ1) is 13.3. The standard InChI is InChI=1S/C17H11Cl2FN4O4/c18-12-3-2-11(8-13(12)19)21-17(25)14-5-6-23(22-14)9-28-16-7-10(20)1-4-15(16)24(26)27/h1-8H,9H2,(H,21,25). The second-order valence-electron chi connectivity index (χ2n) is 5.47. The fourth-order valence-electron chi connectivity index (χ4n) is 2.21. The van der Waals surface area contributed by atoms with E-state index >= 15 is 0 Å². The average molecular weight is 425 g/mol. The molecule has 28 heavy (non-hydrogen) atoms. The van der Waals surface area contributed by atoms with E-state index in [1.165, 1.54) is 29.1 Å². The summed E-state index contributed by atoms with van der Waals surface area (Å²) in [6.45, 7) is -0.260. The van der Waals surface area contributed by atoms with Crippen LogP contribution in [-0.2, 0) is 6.73 Å². The predicted molar refractivity (Wildman–Crippen MR) is 100 cm³/mol. The van der Waals surface area contributed by atoms with Gasteiger partial charge in [0, 0.05) is 24.0 Å². The number of hydrogen-bond donors (Lipinski definition) is 1. The van der Waals surface area contributed by atoms with E-state index in [2.05, 4.69) is 10.4 Å². The molecular weight excluding hydrogens is 414 g/mol. The number of ether oxygens (including phenoxy) is 1. The average Bonchev–Trinajstić information content (AvgIpc) is 3.12. The van der Waals surface area contributed by atoms with Gasteiger partial charge >= 0.3 is 5.69 Å². The van der Waals surface area contributed by atoms with E-state index in [0.29, 0.717) is 10.7 Å². The van der Waals surface area contributed by atoms with Crippen LogP contribution in [0.15, 0.2) is 48.7 Å². The summed E-state index contributed by atoms with van der Waals surface area (Å²) in [4.78, 5) is 22.5. The highest BCUT2D eigenvalue weighted by atomic mass is 35.5. The van der Waals surface area contributed by atoms with Gasteiger partial charge in [-0.3, -0.25) is 14.9 Å². The number of anilines is 1. The van der Waals surface area contributed by atoms with Crippen molar-refractivity contribution in [3.05, 3.63) is 80.3 Å². The van der Waals surface area contributed by atoms with Crippen molar-refractivity contribution in [2.24, 2.45) is 0 Å². The Morgan fingerprint density at radius 2 is 2.00 bits per heavy atom. The molecule has 3 aromatic rings. The van der Waals surface area contributed by atoms with Crippen molar-refractivity contribution >= 4 is 40.5 Å². The van der Waals surface area contributed by atoms with Crippen molar-refractivity contribution in [2.75, 3.05) is 5.32 Å². The van der Waals surface area contributed by atoms with Gasteiger partial charge in [0.2, 0.25) is 5.75 Å². The number of carbonyl (C=O) groups excluding carboxylic acids is 1. The first-order valence-electron chi connectivity index (χ1n) is 7.70. The lowest BCUT2D eigenvalue weighted by Crippen LogP contribution is -2.14. The van der Waals surface area contributed by atoms with Crippen LogP contribution >= 0.6 is 23.2 Å². The van der Waals surface area contributed by atoms with Gasteiger partial charge in [-0.15, -0.1) is 0 Å². The van der Waals surface area contributed by atoms with Gasteiger partial charge in [0.15, 0.2) is 12.4 Å². The number of hydrogen-bond acceptors (Lipinski definition) is 5. The number of nitro benzene ring substituents is 1. The molecule has 0 atom stereocenters. The van der Waals surface area contributed by atoms with Crippen molar-refractivity contribution in [3.8, 4) is 5.75 Å².